The molecule has 0 unspecified atom stereocenters. The first-order chi connectivity index (χ1) is 9.65. The van der Waals surface area contributed by atoms with Gasteiger partial charge in [0.25, 0.3) is 5.91 Å². The Labute approximate surface area is 122 Å². The van der Waals surface area contributed by atoms with Crippen LogP contribution in [-0.4, -0.2) is 28.9 Å². The van der Waals surface area contributed by atoms with Crippen molar-refractivity contribution in [2.75, 3.05) is 13.1 Å². The fourth-order valence-corrected chi connectivity index (χ4v) is 2.85. The number of para-hydroxylation sites is 1. The maximum absolute atomic E-state index is 12.4. The molecule has 1 aromatic heterocycles. The lowest BCUT2D eigenvalue weighted by Crippen LogP contribution is -2.41. The predicted octanol–water partition coefficient (Wildman–Crippen LogP) is 2.57. The molecule has 1 fully saturated rings. The van der Waals surface area contributed by atoms with Crippen LogP contribution in [0.25, 0.3) is 11.0 Å². The highest BCUT2D eigenvalue weighted by atomic mass is 32.1. The highest BCUT2D eigenvalue weighted by molar-refractivity contribution is 7.80. The molecule has 0 atom stereocenters. The molecule has 2 heterocycles. The lowest BCUT2D eigenvalue weighted by atomic mass is 9.97. The third-order valence-corrected chi connectivity index (χ3v) is 4.15. The summed E-state index contributed by atoms with van der Waals surface area (Å²) in [6.07, 6.45) is 1.67. The van der Waals surface area contributed by atoms with E-state index >= 15 is 0 Å². The monoisotopic (exact) mass is 288 g/mol. The minimum Gasteiger partial charge on any atom is -0.451 e. The molecule has 2 aromatic rings. The van der Waals surface area contributed by atoms with Gasteiger partial charge in [-0.05, 0) is 25.0 Å². The van der Waals surface area contributed by atoms with E-state index < -0.39 is 0 Å². The van der Waals surface area contributed by atoms with Crippen LogP contribution in [0.1, 0.15) is 23.4 Å². The van der Waals surface area contributed by atoms with E-state index in [-0.39, 0.29) is 11.8 Å². The van der Waals surface area contributed by atoms with Crippen LogP contribution >= 0.6 is 12.2 Å². The van der Waals surface area contributed by atoms with Crippen molar-refractivity contribution in [1.29, 1.82) is 0 Å². The van der Waals surface area contributed by atoms with Gasteiger partial charge in [-0.3, -0.25) is 4.79 Å². The number of rotatable bonds is 2. The van der Waals surface area contributed by atoms with Gasteiger partial charge < -0.3 is 15.1 Å². The van der Waals surface area contributed by atoms with E-state index in [1.54, 1.807) is 6.07 Å². The Morgan fingerprint density at radius 1 is 1.30 bits per heavy atom. The summed E-state index contributed by atoms with van der Waals surface area (Å²) in [7, 11) is 0. The zero-order chi connectivity index (χ0) is 14.1. The fourth-order valence-electron chi connectivity index (χ4n) is 2.61. The highest BCUT2D eigenvalue weighted by Gasteiger charge is 2.26. The number of nitrogens with two attached hydrogens (primary N) is 1. The van der Waals surface area contributed by atoms with Gasteiger partial charge in [-0.15, -0.1) is 0 Å². The Kier molecular flexibility index (Phi) is 3.44. The first-order valence-electron chi connectivity index (χ1n) is 6.72. The molecule has 1 aliphatic heterocycles. The zero-order valence-corrected chi connectivity index (χ0v) is 11.9. The summed E-state index contributed by atoms with van der Waals surface area (Å²) >= 11 is 5.01. The maximum Gasteiger partial charge on any atom is 0.289 e. The van der Waals surface area contributed by atoms with Gasteiger partial charge in [0.2, 0.25) is 0 Å². The number of nitrogens with zero attached hydrogens (tertiary/aromatic N) is 1. The number of amides is 1. The van der Waals surface area contributed by atoms with E-state index in [1.165, 1.54) is 0 Å². The van der Waals surface area contributed by atoms with E-state index in [2.05, 4.69) is 0 Å². The van der Waals surface area contributed by atoms with Crippen LogP contribution in [-0.2, 0) is 0 Å². The van der Waals surface area contributed by atoms with Gasteiger partial charge in [-0.25, -0.2) is 0 Å². The van der Waals surface area contributed by atoms with Crippen molar-refractivity contribution < 1.29 is 9.21 Å². The maximum atomic E-state index is 12.4. The second-order valence-corrected chi connectivity index (χ2v) is 5.59. The molecule has 0 spiro atoms. The van der Waals surface area contributed by atoms with E-state index in [9.17, 15) is 4.79 Å². The minimum absolute atomic E-state index is 0.0532. The van der Waals surface area contributed by atoms with E-state index in [1.807, 2.05) is 29.2 Å². The van der Waals surface area contributed by atoms with Crippen molar-refractivity contribution in [3.05, 3.63) is 36.1 Å². The third kappa shape index (κ3) is 2.41. The summed E-state index contributed by atoms with van der Waals surface area (Å²) in [4.78, 5) is 14.8. The van der Waals surface area contributed by atoms with Gasteiger partial charge >= 0.3 is 0 Å². The van der Waals surface area contributed by atoms with Gasteiger partial charge in [-0.2, -0.15) is 0 Å². The summed E-state index contributed by atoms with van der Waals surface area (Å²) < 4.78 is 5.62. The van der Waals surface area contributed by atoms with Crippen LogP contribution in [0.5, 0.6) is 0 Å². The average Bonchev–Trinajstić information content (AvgIpc) is 2.90. The van der Waals surface area contributed by atoms with Crippen molar-refractivity contribution in [3.63, 3.8) is 0 Å². The second-order valence-electron chi connectivity index (χ2n) is 5.12. The lowest BCUT2D eigenvalue weighted by molar-refractivity contribution is 0.0680. The SMILES string of the molecule is NC(=S)C1CCN(C(=O)c2cc3ccccc3o2)CC1. The summed E-state index contributed by atoms with van der Waals surface area (Å²) in [5, 5.41) is 0.953. The molecule has 3 rings (SSSR count). The molecule has 104 valence electrons. The van der Waals surface area contributed by atoms with Crippen molar-refractivity contribution in [2.45, 2.75) is 12.8 Å². The largest absolute Gasteiger partial charge is 0.451 e. The van der Waals surface area contributed by atoms with Crippen molar-refractivity contribution in [3.8, 4) is 0 Å². The quantitative estimate of drug-likeness (QED) is 0.863. The van der Waals surface area contributed by atoms with Crippen LogP contribution < -0.4 is 5.73 Å². The number of furan rings is 1. The number of thiocarbonyl (C=S) groups is 1. The van der Waals surface area contributed by atoms with E-state index in [4.69, 9.17) is 22.4 Å². The summed E-state index contributed by atoms with van der Waals surface area (Å²) in [6.45, 7) is 1.36. The smallest absolute Gasteiger partial charge is 0.289 e. The van der Waals surface area contributed by atoms with Gasteiger partial charge in [0.15, 0.2) is 5.76 Å². The summed E-state index contributed by atoms with van der Waals surface area (Å²) in [5.74, 6) is 0.604. The highest BCUT2D eigenvalue weighted by Crippen LogP contribution is 2.23. The molecule has 0 bridgehead atoms. The number of carbonyl (C=O) groups is 1. The molecule has 0 radical (unpaired) electrons. The van der Waals surface area contributed by atoms with Crippen molar-refractivity contribution >= 4 is 34.1 Å². The number of fused-ring (bicyclic) bond motifs is 1. The molecule has 0 saturated carbocycles. The molecule has 1 aliphatic rings. The Balaban J connectivity index is 1.75. The first kappa shape index (κ1) is 13.1. The molecule has 2 N–H and O–H groups in total. The summed E-state index contributed by atoms with van der Waals surface area (Å²) in [5.41, 5.74) is 6.40. The minimum atomic E-state index is -0.0532. The van der Waals surface area contributed by atoms with Gasteiger partial charge in [0, 0.05) is 24.4 Å². The predicted molar refractivity (Wildman–Crippen MR) is 81.6 cm³/mol. The molecule has 5 heteroatoms. The standard InChI is InChI=1S/C15H16N2O2S/c16-14(20)10-5-7-17(8-6-10)15(18)13-9-11-3-1-2-4-12(11)19-13/h1-4,9-10H,5-8H2,(H2,16,20). The lowest BCUT2D eigenvalue weighted by Gasteiger charge is -2.30. The van der Waals surface area contributed by atoms with Crippen LogP contribution in [0, 0.1) is 5.92 Å². The molecule has 4 nitrogen and oxygen atoms in total. The average molecular weight is 288 g/mol. The van der Waals surface area contributed by atoms with Gasteiger partial charge in [-0.1, -0.05) is 30.4 Å². The Morgan fingerprint density at radius 2 is 2.00 bits per heavy atom. The number of likely N-dealkylation sites (tertiary alicyclic amines) is 1. The van der Waals surface area contributed by atoms with Crippen LogP contribution in [0.4, 0.5) is 0 Å². The number of benzene rings is 1. The second kappa shape index (κ2) is 5.25. The van der Waals surface area contributed by atoms with Gasteiger partial charge in [0.1, 0.15) is 5.58 Å². The number of carbonyl (C=O) groups excluding carboxylic acids is 1. The molecule has 0 aliphatic carbocycles. The Morgan fingerprint density at radius 3 is 2.65 bits per heavy atom. The third-order valence-electron chi connectivity index (χ3n) is 3.82. The van der Waals surface area contributed by atoms with E-state index in [0.717, 1.165) is 23.8 Å². The van der Waals surface area contributed by atoms with E-state index in [0.29, 0.717) is 23.8 Å². The number of piperidine rings is 1. The molecule has 1 amide bonds. The molecular weight excluding hydrogens is 272 g/mol. The van der Waals surface area contributed by atoms with Crippen molar-refractivity contribution in [1.82, 2.24) is 4.90 Å². The molecular formula is C15H16N2O2S. The molecule has 20 heavy (non-hydrogen) atoms. The normalized spacial score (nSPS) is 16.5. The molecule has 1 aromatic carbocycles. The van der Waals surface area contributed by atoms with Crippen LogP contribution in [0.15, 0.2) is 34.7 Å². The number of hydrogen-bond donors (Lipinski definition) is 1. The zero-order valence-electron chi connectivity index (χ0n) is 11.0. The fraction of sp³-hybridized carbons (Fsp3) is 0.333. The Bertz CT molecular complexity index is 624. The molecule has 1 saturated heterocycles. The Hall–Kier alpha value is -1.88. The number of hydrogen-bond acceptors (Lipinski definition) is 3. The van der Waals surface area contributed by atoms with Gasteiger partial charge in [0.05, 0.1) is 4.99 Å². The summed E-state index contributed by atoms with van der Waals surface area (Å²) in [6, 6.07) is 9.44. The van der Waals surface area contributed by atoms with Crippen LogP contribution in [0.2, 0.25) is 0 Å². The first-order valence-corrected chi connectivity index (χ1v) is 7.13. The van der Waals surface area contributed by atoms with Crippen molar-refractivity contribution in [2.24, 2.45) is 11.7 Å². The topological polar surface area (TPSA) is 59.5 Å². The van der Waals surface area contributed by atoms with Crippen LogP contribution in [0.3, 0.4) is 0 Å².